The van der Waals surface area contributed by atoms with Crippen LogP contribution in [0.2, 0.25) is 0 Å². The average Bonchev–Trinajstić information content (AvgIpc) is 3.05. The highest BCUT2D eigenvalue weighted by Crippen LogP contribution is 2.23. The predicted molar refractivity (Wildman–Crippen MR) is 107 cm³/mol. The lowest BCUT2D eigenvalue weighted by Gasteiger charge is -2.39. The molecule has 1 aromatic heterocycles. The van der Waals surface area contributed by atoms with Crippen LogP contribution in [0.1, 0.15) is 24.4 Å². The van der Waals surface area contributed by atoms with E-state index in [4.69, 9.17) is 4.42 Å². The van der Waals surface area contributed by atoms with Crippen LogP contribution in [0.25, 0.3) is 0 Å². The monoisotopic (exact) mass is 484 g/mol. The molecular weight excluding hydrogens is 459 g/mol. The van der Waals surface area contributed by atoms with E-state index in [1.54, 1.807) is 33.0 Å². The minimum atomic E-state index is -3.09. The zero-order valence-electron chi connectivity index (χ0n) is 14.6. The highest BCUT2D eigenvalue weighted by Gasteiger charge is 2.40. The van der Waals surface area contributed by atoms with Crippen molar-refractivity contribution < 1.29 is 17.6 Å². The van der Waals surface area contributed by atoms with Gasteiger partial charge in [-0.05, 0) is 26.0 Å². The first-order chi connectivity index (χ1) is 11.3. The van der Waals surface area contributed by atoms with Crippen LogP contribution in [-0.2, 0) is 9.84 Å². The Kier molecular flexibility index (Phi) is 7.72. The molecule has 2 heterocycles. The van der Waals surface area contributed by atoms with Crippen LogP contribution in [0.5, 0.6) is 0 Å². The van der Waals surface area contributed by atoms with Crippen LogP contribution in [-0.4, -0.2) is 68.9 Å². The van der Waals surface area contributed by atoms with Gasteiger partial charge in [0.05, 0.1) is 16.8 Å². The summed E-state index contributed by atoms with van der Waals surface area (Å²) in [4.78, 5) is 17.9. The third kappa shape index (κ3) is 5.33. The average molecular weight is 484 g/mol. The topological polar surface area (TPSA) is 104 Å². The minimum absolute atomic E-state index is 0. The Balaban J connectivity index is 0.00000312. The fourth-order valence-corrected chi connectivity index (χ4v) is 3.87. The number of carbonyl (C=O) groups excluding carboxylic acids is 1. The van der Waals surface area contributed by atoms with Gasteiger partial charge < -0.3 is 20.0 Å². The van der Waals surface area contributed by atoms with E-state index in [1.165, 1.54) is 6.26 Å². The Hall–Kier alpha value is -1.30. The van der Waals surface area contributed by atoms with E-state index in [9.17, 15) is 13.2 Å². The standard InChI is InChI=1S/C15H24N4O4S.HI/c1-15(2)11-19(8-10-24(15,21)22)14(16-3)18-7-6-17-13(20)12-5-4-9-23-12;/h4-5,9H,6-8,10-11H2,1-3H3,(H,16,18)(H,17,20);1H. The van der Waals surface area contributed by atoms with Gasteiger partial charge in [-0.15, -0.1) is 24.0 Å². The highest BCUT2D eigenvalue weighted by molar-refractivity contribution is 14.0. The normalized spacial score (nSPS) is 19.0. The summed E-state index contributed by atoms with van der Waals surface area (Å²) < 4.78 is 28.3. The quantitative estimate of drug-likeness (QED) is 0.283. The van der Waals surface area contributed by atoms with Crippen molar-refractivity contribution in [3.8, 4) is 0 Å². The van der Waals surface area contributed by atoms with Crippen molar-refractivity contribution in [2.45, 2.75) is 18.6 Å². The fourth-order valence-electron chi connectivity index (χ4n) is 2.50. The van der Waals surface area contributed by atoms with Crippen molar-refractivity contribution in [3.05, 3.63) is 24.2 Å². The summed E-state index contributed by atoms with van der Waals surface area (Å²) in [5.74, 6) is 0.727. The van der Waals surface area contributed by atoms with Gasteiger partial charge in [0.1, 0.15) is 0 Å². The van der Waals surface area contributed by atoms with E-state index in [2.05, 4.69) is 15.6 Å². The number of aliphatic imine (C=N–C) groups is 1. The summed E-state index contributed by atoms with van der Waals surface area (Å²) in [5.41, 5.74) is 0. The molecule has 0 atom stereocenters. The number of hydrogen-bond acceptors (Lipinski definition) is 5. The Morgan fingerprint density at radius 1 is 1.36 bits per heavy atom. The Labute approximate surface area is 165 Å². The molecule has 10 heteroatoms. The second-order valence-corrected chi connectivity index (χ2v) is 8.95. The first-order valence-electron chi connectivity index (χ1n) is 7.76. The van der Waals surface area contributed by atoms with Gasteiger partial charge in [0, 0.05) is 33.2 Å². The largest absolute Gasteiger partial charge is 0.459 e. The Morgan fingerprint density at radius 2 is 2.04 bits per heavy atom. The number of sulfone groups is 1. The number of halogens is 1. The fraction of sp³-hybridized carbons (Fsp3) is 0.600. The van der Waals surface area contributed by atoms with Crippen molar-refractivity contribution in [3.63, 3.8) is 0 Å². The summed E-state index contributed by atoms with van der Waals surface area (Å²) in [7, 11) is -1.44. The zero-order valence-corrected chi connectivity index (χ0v) is 17.8. The van der Waals surface area contributed by atoms with Gasteiger partial charge in [-0.25, -0.2) is 8.42 Å². The summed E-state index contributed by atoms with van der Waals surface area (Å²) in [6, 6.07) is 3.25. The zero-order chi connectivity index (χ0) is 17.8. The van der Waals surface area contributed by atoms with E-state index < -0.39 is 14.6 Å². The molecule has 1 aliphatic heterocycles. The molecule has 1 aliphatic rings. The molecule has 2 N–H and O–H groups in total. The number of furan rings is 1. The van der Waals surface area contributed by atoms with Crippen LogP contribution in [0.15, 0.2) is 27.8 Å². The van der Waals surface area contributed by atoms with Crippen molar-refractivity contribution in [2.24, 2.45) is 4.99 Å². The third-order valence-corrected chi connectivity index (χ3v) is 6.53. The molecule has 0 saturated carbocycles. The van der Waals surface area contributed by atoms with Crippen LogP contribution in [0, 0.1) is 0 Å². The molecule has 0 bridgehead atoms. The third-order valence-electron chi connectivity index (χ3n) is 3.99. The lowest BCUT2D eigenvalue weighted by molar-refractivity contribution is 0.0926. The molecule has 142 valence electrons. The molecule has 0 radical (unpaired) electrons. The van der Waals surface area contributed by atoms with Gasteiger partial charge in [0.15, 0.2) is 21.6 Å². The molecule has 1 amide bonds. The van der Waals surface area contributed by atoms with Crippen LogP contribution in [0.4, 0.5) is 0 Å². The Morgan fingerprint density at radius 3 is 2.60 bits per heavy atom. The Bertz CT molecular complexity index is 701. The van der Waals surface area contributed by atoms with Gasteiger partial charge in [0.25, 0.3) is 5.91 Å². The first-order valence-corrected chi connectivity index (χ1v) is 9.42. The van der Waals surface area contributed by atoms with Crippen molar-refractivity contribution >= 4 is 45.7 Å². The molecule has 0 aliphatic carbocycles. The number of nitrogens with one attached hydrogen (secondary N) is 2. The number of rotatable bonds is 4. The maximum absolute atomic E-state index is 12.1. The van der Waals surface area contributed by atoms with Gasteiger partial charge >= 0.3 is 0 Å². The van der Waals surface area contributed by atoms with Crippen LogP contribution < -0.4 is 10.6 Å². The molecule has 8 nitrogen and oxygen atoms in total. The maximum atomic E-state index is 12.1. The van der Waals surface area contributed by atoms with Crippen molar-refractivity contribution in [2.75, 3.05) is 39.0 Å². The summed E-state index contributed by atoms with van der Waals surface area (Å²) in [6.07, 6.45) is 1.45. The molecule has 25 heavy (non-hydrogen) atoms. The van der Waals surface area contributed by atoms with Crippen molar-refractivity contribution in [1.82, 2.24) is 15.5 Å². The summed E-state index contributed by atoms with van der Waals surface area (Å²) in [6.45, 7) is 5.12. The van der Waals surface area contributed by atoms with Crippen LogP contribution in [0.3, 0.4) is 0 Å². The first kappa shape index (κ1) is 21.7. The molecular formula is C15H25IN4O4S. The molecule has 1 aromatic rings. The number of hydrogen-bond donors (Lipinski definition) is 2. The van der Waals surface area contributed by atoms with E-state index in [1.807, 2.05) is 4.90 Å². The van der Waals surface area contributed by atoms with E-state index in [0.29, 0.717) is 32.1 Å². The molecule has 2 rings (SSSR count). The molecule has 0 spiro atoms. The minimum Gasteiger partial charge on any atom is -0.459 e. The summed E-state index contributed by atoms with van der Waals surface area (Å²) >= 11 is 0. The van der Waals surface area contributed by atoms with E-state index in [0.717, 1.165) is 0 Å². The van der Waals surface area contributed by atoms with Gasteiger partial charge in [-0.3, -0.25) is 9.79 Å². The smallest absolute Gasteiger partial charge is 0.287 e. The second kappa shape index (κ2) is 8.88. The number of guanidine groups is 1. The lowest BCUT2D eigenvalue weighted by atomic mass is 10.2. The second-order valence-electron chi connectivity index (χ2n) is 6.21. The van der Waals surface area contributed by atoms with E-state index >= 15 is 0 Å². The van der Waals surface area contributed by atoms with Gasteiger partial charge in [-0.2, -0.15) is 0 Å². The van der Waals surface area contributed by atoms with Crippen molar-refractivity contribution in [1.29, 1.82) is 0 Å². The van der Waals surface area contributed by atoms with Crippen LogP contribution >= 0.6 is 24.0 Å². The number of nitrogens with zero attached hydrogens (tertiary/aromatic N) is 2. The lowest BCUT2D eigenvalue weighted by Crippen LogP contribution is -2.57. The molecule has 0 unspecified atom stereocenters. The van der Waals surface area contributed by atoms with Gasteiger partial charge in [0.2, 0.25) is 0 Å². The summed E-state index contributed by atoms with van der Waals surface area (Å²) in [5, 5.41) is 5.87. The van der Waals surface area contributed by atoms with Gasteiger partial charge in [-0.1, -0.05) is 0 Å². The molecule has 1 fully saturated rings. The van der Waals surface area contributed by atoms with E-state index in [-0.39, 0.29) is 41.4 Å². The molecule has 1 saturated heterocycles. The SMILES string of the molecule is CN=C(NCCNC(=O)c1ccco1)N1CCS(=O)(=O)C(C)(C)C1.I. The predicted octanol–water partition coefficient (Wildman–Crippen LogP) is 0.712. The number of carbonyl (C=O) groups is 1. The maximum Gasteiger partial charge on any atom is 0.287 e. The molecule has 0 aromatic carbocycles. The highest BCUT2D eigenvalue weighted by atomic mass is 127. The number of amides is 1.